The molecule has 7 heteroatoms. The van der Waals surface area contributed by atoms with E-state index in [1.807, 2.05) is 31.2 Å². The summed E-state index contributed by atoms with van der Waals surface area (Å²) in [6.07, 6.45) is 0. The van der Waals surface area contributed by atoms with Crippen LogP contribution in [0.25, 0.3) is 5.76 Å². The summed E-state index contributed by atoms with van der Waals surface area (Å²) >= 11 is 0. The maximum Gasteiger partial charge on any atom is 0.295 e. The fourth-order valence-corrected chi connectivity index (χ4v) is 4.16. The first-order valence-electron chi connectivity index (χ1n) is 10.5. The maximum atomic E-state index is 13.3. The third kappa shape index (κ3) is 4.38. The number of aryl methyl sites for hydroxylation is 1. The number of amides is 1. The van der Waals surface area contributed by atoms with Crippen molar-refractivity contribution in [1.82, 2.24) is 4.90 Å². The minimum atomic E-state index is -0.718. The molecule has 2 aliphatic heterocycles. The molecule has 4 rings (SSSR count). The number of carbonyl (C=O) groups excluding carboxylic acids is 2. The lowest BCUT2D eigenvalue weighted by atomic mass is 9.94. The van der Waals surface area contributed by atoms with Crippen LogP contribution in [0.2, 0.25) is 0 Å². The summed E-state index contributed by atoms with van der Waals surface area (Å²) in [5, 5.41) is 11.0. The van der Waals surface area contributed by atoms with Crippen LogP contribution in [0.15, 0.2) is 54.1 Å². The van der Waals surface area contributed by atoms with Gasteiger partial charge in [0, 0.05) is 5.56 Å². The molecule has 0 spiro atoms. The van der Waals surface area contributed by atoms with E-state index in [4.69, 9.17) is 4.74 Å². The lowest BCUT2D eigenvalue weighted by molar-refractivity contribution is -0.907. The lowest BCUT2D eigenvalue weighted by Gasteiger charge is -2.29. The van der Waals surface area contributed by atoms with E-state index in [9.17, 15) is 19.1 Å². The molecule has 1 atom stereocenters. The number of rotatable bonds is 5. The molecule has 6 nitrogen and oxygen atoms in total. The van der Waals surface area contributed by atoms with E-state index < -0.39 is 23.5 Å². The summed E-state index contributed by atoms with van der Waals surface area (Å²) in [4.78, 5) is 28.8. The molecule has 0 radical (unpaired) electrons. The summed E-state index contributed by atoms with van der Waals surface area (Å²) in [6.45, 7) is 6.11. The fraction of sp³-hybridized carbons (Fsp3) is 0.333. The highest BCUT2D eigenvalue weighted by molar-refractivity contribution is 6.46. The number of hydrogen-bond donors (Lipinski definition) is 2. The van der Waals surface area contributed by atoms with Gasteiger partial charge in [-0.3, -0.25) is 9.59 Å². The quantitative estimate of drug-likeness (QED) is 0.433. The molecule has 0 bridgehead atoms. The third-order valence-electron chi connectivity index (χ3n) is 5.96. The number of nitrogens with zero attached hydrogens (tertiary/aromatic N) is 1. The van der Waals surface area contributed by atoms with Crippen molar-refractivity contribution in [2.45, 2.75) is 13.0 Å². The first-order valence-corrected chi connectivity index (χ1v) is 10.5. The highest BCUT2D eigenvalue weighted by Gasteiger charge is 2.46. The van der Waals surface area contributed by atoms with E-state index in [0.717, 1.165) is 24.2 Å². The second-order valence-electron chi connectivity index (χ2n) is 8.02. The molecule has 0 aromatic heterocycles. The van der Waals surface area contributed by atoms with Gasteiger partial charge in [-0.25, -0.2) is 4.39 Å². The molecule has 162 valence electrons. The van der Waals surface area contributed by atoms with Gasteiger partial charge in [-0.05, 0) is 36.8 Å². The largest absolute Gasteiger partial charge is 0.507 e. The first kappa shape index (κ1) is 21.2. The molecule has 31 heavy (non-hydrogen) atoms. The fourth-order valence-electron chi connectivity index (χ4n) is 4.16. The Balaban J connectivity index is 1.72. The Morgan fingerprint density at radius 3 is 2.39 bits per heavy atom. The summed E-state index contributed by atoms with van der Waals surface area (Å²) in [5.74, 6) is -2.07. The van der Waals surface area contributed by atoms with Gasteiger partial charge in [-0.1, -0.05) is 29.8 Å². The van der Waals surface area contributed by atoms with E-state index in [0.29, 0.717) is 31.9 Å². The van der Waals surface area contributed by atoms with Crippen molar-refractivity contribution in [2.75, 3.05) is 39.4 Å². The smallest absolute Gasteiger partial charge is 0.295 e. The Hall–Kier alpha value is -3.03. The molecular weight excluding hydrogens is 399 g/mol. The van der Waals surface area contributed by atoms with E-state index in [2.05, 4.69) is 0 Å². The van der Waals surface area contributed by atoms with Gasteiger partial charge in [-0.15, -0.1) is 0 Å². The predicted octanol–water partition coefficient (Wildman–Crippen LogP) is 1.47. The molecule has 0 unspecified atom stereocenters. The highest BCUT2D eigenvalue weighted by atomic mass is 19.1. The Kier molecular flexibility index (Phi) is 6.15. The molecule has 1 amide bonds. The topological polar surface area (TPSA) is 71.3 Å². The van der Waals surface area contributed by atoms with Crippen LogP contribution < -0.4 is 4.90 Å². The number of aliphatic hydroxyl groups excluding tert-OH is 1. The van der Waals surface area contributed by atoms with Crippen LogP contribution in [-0.4, -0.2) is 61.1 Å². The Morgan fingerprint density at radius 1 is 1.10 bits per heavy atom. The summed E-state index contributed by atoms with van der Waals surface area (Å²) < 4.78 is 18.7. The van der Waals surface area contributed by atoms with E-state index in [1.54, 1.807) is 4.90 Å². The molecular formula is C24H26FN2O4+. The Bertz CT molecular complexity index is 995. The number of ketones is 1. The van der Waals surface area contributed by atoms with Gasteiger partial charge in [-0.2, -0.15) is 0 Å². The minimum absolute atomic E-state index is 0.0393. The number of ether oxygens (including phenoxy) is 1. The van der Waals surface area contributed by atoms with Crippen LogP contribution in [0.5, 0.6) is 0 Å². The molecule has 2 aromatic rings. The zero-order valence-electron chi connectivity index (χ0n) is 17.4. The number of benzene rings is 2. The number of hydrogen-bond acceptors (Lipinski definition) is 4. The van der Waals surface area contributed by atoms with Crippen molar-refractivity contribution in [3.8, 4) is 0 Å². The molecule has 2 saturated heterocycles. The molecule has 2 heterocycles. The van der Waals surface area contributed by atoms with Crippen LogP contribution in [0.3, 0.4) is 0 Å². The Labute approximate surface area is 180 Å². The number of carbonyl (C=O) groups is 2. The Morgan fingerprint density at radius 2 is 1.74 bits per heavy atom. The van der Waals surface area contributed by atoms with Crippen molar-refractivity contribution in [1.29, 1.82) is 0 Å². The minimum Gasteiger partial charge on any atom is -0.507 e. The van der Waals surface area contributed by atoms with Crippen molar-refractivity contribution in [2.24, 2.45) is 0 Å². The van der Waals surface area contributed by atoms with Crippen LogP contribution in [-0.2, 0) is 14.3 Å². The van der Waals surface area contributed by atoms with Gasteiger partial charge in [0.05, 0.1) is 37.9 Å². The molecule has 2 fully saturated rings. The van der Waals surface area contributed by atoms with Crippen molar-refractivity contribution in [3.05, 3.63) is 76.6 Å². The standard InChI is InChI=1S/C24H25FN2O4/c1-16-2-4-17(5-3-16)21-20(22(28)18-6-8-19(25)9-7-18)23(29)24(30)27(21)11-10-26-12-14-31-15-13-26/h2-9,21,28H,10-15H2,1H3/p+1/b22-20+/t21-/m0/s1. The molecule has 0 aliphatic carbocycles. The zero-order chi connectivity index (χ0) is 22.0. The van der Waals surface area contributed by atoms with Crippen molar-refractivity contribution >= 4 is 17.4 Å². The summed E-state index contributed by atoms with van der Waals surface area (Å²) in [6, 6.07) is 12.1. The van der Waals surface area contributed by atoms with Gasteiger partial charge in [0.25, 0.3) is 11.7 Å². The number of quaternary nitrogens is 1. The molecule has 2 aliphatic rings. The SMILES string of the molecule is Cc1ccc([C@H]2/C(=C(\O)c3ccc(F)cc3)C(=O)C(=O)N2CC[NH+]2CCOCC2)cc1. The number of likely N-dealkylation sites (tertiary alicyclic amines) is 1. The van der Waals surface area contributed by atoms with Gasteiger partial charge in [0.2, 0.25) is 0 Å². The zero-order valence-corrected chi connectivity index (χ0v) is 17.4. The highest BCUT2D eigenvalue weighted by Crippen LogP contribution is 2.39. The van der Waals surface area contributed by atoms with Crippen molar-refractivity contribution in [3.63, 3.8) is 0 Å². The van der Waals surface area contributed by atoms with Crippen LogP contribution in [0.1, 0.15) is 22.7 Å². The van der Waals surface area contributed by atoms with Gasteiger partial charge < -0.3 is 19.6 Å². The number of nitrogens with one attached hydrogen (secondary N) is 1. The van der Waals surface area contributed by atoms with E-state index in [-0.39, 0.29) is 11.3 Å². The lowest BCUT2D eigenvalue weighted by Crippen LogP contribution is -3.14. The summed E-state index contributed by atoms with van der Waals surface area (Å²) in [7, 11) is 0. The van der Waals surface area contributed by atoms with Crippen LogP contribution in [0, 0.1) is 12.7 Å². The van der Waals surface area contributed by atoms with E-state index in [1.165, 1.54) is 29.2 Å². The number of aliphatic hydroxyl groups is 1. The predicted molar refractivity (Wildman–Crippen MR) is 113 cm³/mol. The molecule has 0 saturated carbocycles. The van der Waals surface area contributed by atoms with Crippen LogP contribution >= 0.6 is 0 Å². The van der Waals surface area contributed by atoms with Gasteiger partial charge in [0.1, 0.15) is 24.7 Å². The second-order valence-corrected chi connectivity index (χ2v) is 8.02. The third-order valence-corrected chi connectivity index (χ3v) is 5.96. The monoisotopic (exact) mass is 425 g/mol. The van der Waals surface area contributed by atoms with Crippen LogP contribution in [0.4, 0.5) is 4.39 Å². The number of morpholine rings is 1. The molecule has 2 N–H and O–H groups in total. The maximum absolute atomic E-state index is 13.3. The van der Waals surface area contributed by atoms with Gasteiger partial charge in [0.15, 0.2) is 0 Å². The second kappa shape index (κ2) is 8.99. The van der Waals surface area contributed by atoms with Gasteiger partial charge >= 0.3 is 0 Å². The number of Topliss-reactive ketones (excluding diaryl/α,β-unsaturated/α-hetero) is 1. The first-order chi connectivity index (χ1) is 15.0. The summed E-state index contributed by atoms with van der Waals surface area (Å²) in [5.41, 5.74) is 2.15. The average molecular weight is 425 g/mol. The van der Waals surface area contributed by atoms with Crippen molar-refractivity contribution < 1.29 is 28.7 Å². The van der Waals surface area contributed by atoms with E-state index >= 15 is 0 Å². The average Bonchev–Trinajstić information content (AvgIpc) is 3.04. The number of halogens is 1. The normalized spacial score (nSPS) is 21.6. The molecule has 2 aromatic carbocycles.